The van der Waals surface area contributed by atoms with Crippen molar-refractivity contribution in [2.75, 3.05) is 43.1 Å². The number of aromatic amines is 2. The Kier molecular flexibility index (Phi) is 13.3. The van der Waals surface area contributed by atoms with E-state index in [0.717, 1.165) is 66.2 Å². The third-order valence-electron chi connectivity index (χ3n) is 16.1. The molecule has 5 aliphatic rings. The molecule has 0 bridgehead atoms. The number of likely N-dealkylation sites (tertiary alicyclic amines) is 2. The van der Waals surface area contributed by atoms with Gasteiger partial charge in [-0.25, -0.2) is 28.3 Å². The summed E-state index contributed by atoms with van der Waals surface area (Å²) in [6.07, 6.45) is 6.85. The molecule has 8 atom stereocenters. The molecular formula is C53H66F2N10O6. The number of fused-ring (bicyclic) bond motifs is 3. The summed E-state index contributed by atoms with van der Waals surface area (Å²) >= 11 is 0. The molecule has 6 heterocycles. The maximum absolute atomic E-state index is 16.7. The van der Waals surface area contributed by atoms with Gasteiger partial charge < -0.3 is 50.0 Å². The molecule has 1 aliphatic carbocycles. The van der Waals surface area contributed by atoms with Crippen LogP contribution in [0.3, 0.4) is 0 Å². The van der Waals surface area contributed by atoms with E-state index in [0.29, 0.717) is 86.6 Å². The topological polar surface area (TPSA) is 192 Å². The molecule has 4 aliphatic heterocycles. The summed E-state index contributed by atoms with van der Waals surface area (Å²) in [4.78, 5) is 76.1. The van der Waals surface area contributed by atoms with Crippen molar-refractivity contribution >= 4 is 57.4 Å². The highest BCUT2D eigenvalue weighted by molar-refractivity contribution is 5.87. The summed E-state index contributed by atoms with van der Waals surface area (Å²) in [7, 11) is 1.27. The van der Waals surface area contributed by atoms with Crippen LogP contribution in [-0.4, -0.2) is 104 Å². The summed E-state index contributed by atoms with van der Waals surface area (Å²) in [5.41, 5.74) is 5.35. The number of hydrogen-bond donors (Lipinski definition) is 5. The standard InChI is InChI=1S/C53H66F2N10O6/c1-28(2)45(60-52(68)69)50(66)63-20-8-12-43(63)48-56-37-16-14-30(22-39(37)58-48)41-18-19-42(65(41)34-24-35(54)47(36(55)25-34)62-26-32-10-6-7-11-33(32)27-62)31-15-17-38-40(23-31)59-49(57-38)44-13-9-21-64(44)51(67)46(29(3)4)61-53(70)71-5/h14-17,22-25,28-29,32-33,41-46,60H,6-13,18-21,26-27H2,1-5H3,(H,56,58)(H,57,59)(H,61,70)(H,68,69)/t32-,33+,41-,42-,43+,44+,45+,46+/m1/s1. The molecule has 0 radical (unpaired) electrons. The van der Waals surface area contributed by atoms with E-state index in [2.05, 4.69) is 31.6 Å². The van der Waals surface area contributed by atoms with Crippen LogP contribution < -0.4 is 20.4 Å². The van der Waals surface area contributed by atoms with Crippen LogP contribution in [0.2, 0.25) is 0 Å². The third-order valence-corrected chi connectivity index (χ3v) is 16.1. The van der Waals surface area contributed by atoms with Crippen molar-refractivity contribution < 1.29 is 37.8 Å². The number of ether oxygens (including phenoxy) is 1. The van der Waals surface area contributed by atoms with Crippen LogP contribution in [0.5, 0.6) is 0 Å². The number of carbonyl (C=O) groups is 4. The fraction of sp³-hybridized carbons (Fsp3) is 0.547. The quantitative estimate of drug-likeness (QED) is 0.0805. The van der Waals surface area contributed by atoms with E-state index in [4.69, 9.17) is 14.7 Å². The van der Waals surface area contributed by atoms with Crippen LogP contribution in [0.25, 0.3) is 22.1 Å². The van der Waals surface area contributed by atoms with Crippen molar-refractivity contribution in [2.45, 2.75) is 128 Å². The molecule has 18 heteroatoms. The van der Waals surface area contributed by atoms with E-state index in [9.17, 15) is 24.3 Å². The lowest BCUT2D eigenvalue weighted by Gasteiger charge is -2.34. The van der Waals surface area contributed by atoms with E-state index in [1.807, 2.05) is 62.9 Å². The van der Waals surface area contributed by atoms with Gasteiger partial charge in [0, 0.05) is 31.9 Å². The van der Waals surface area contributed by atoms with Gasteiger partial charge in [0.05, 0.1) is 53.3 Å². The first kappa shape index (κ1) is 48.2. The molecule has 5 fully saturated rings. The lowest BCUT2D eigenvalue weighted by atomic mass is 9.82. The van der Waals surface area contributed by atoms with Gasteiger partial charge in [-0.1, -0.05) is 52.7 Å². The minimum Gasteiger partial charge on any atom is -0.465 e. The predicted molar refractivity (Wildman–Crippen MR) is 265 cm³/mol. The molecule has 1 saturated carbocycles. The number of anilines is 2. The summed E-state index contributed by atoms with van der Waals surface area (Å²) in [6, 6.07) is 12.2. The zero-order valence-corrected chi connectivity index (χ0v) is 41.2. The molecule has 10 rings (SSSR count). The Labute approximate surface area is 412 Å². The Morgan fingerprint density at radius 1 is 0.662 bits per heavy atom. The largest absolute Gasteiger partial charge is 0.465 e. The molecule has 3 aromatic carbocycles. The minimum absolute atomic E-state index is 0.0476. The summed E-state index contributed by atoms with van der Waals surface area (Å²) in [5, 5.41) is 14.6. The SMILES string of the molecule is COC(=O)N[C@H](C(=O)N1CCC[C@H]1c1nc2ccc([C@H]3CC[C@H](c4ccc5nc([C@@H]6CCCN6C(=O)[C@@H](NC(=O)O)C(C)C)[nH]c5c4)N3c3cc(F)c(N4C[C@H]5CCCC[C@H]5C4)c(F)c3)cc2[nH]1)C(C)C. The fourth-order valence-electron chi connectivity index (χ4n) is 12.6. The summed E-state index contributed by atoms with van der Waals surface area (Å²) in [6.45, 7) is 9.73. The molecule has 71 heavy (non-hydrogen) atoms. The van der Waals surface area contributed by atoms with Gasteiger partial charge in [-0.3, -0.25) is 9.59 Å². The zero-order chi connectivity index (χ0) is 49.8. The van der Waals surface area contributed by atoms with Gasteiger partial charge in [0.15, 0.2) is 11.6 Å². The molecule has 5 N–H and O–H groups in total. The molecule has 5 aromatic rings. The van der Waals surface area contributed by atoms with Gasteiger partial charge in [0.2, 0.25) is 11.8 Å². The van der Waals surface area contributed by atoms with Crippen molar-refractivity contribution in [3.8, 4) is 0 Å². The van der Waals surface area contributed by atoms with Gasteiger partial charge in [0.1, 0.15) is 29.4 Å². The second-order valence-electron chi connectivity index (χ2n) is 21.2. The maximum atomic E-state index is 16.7. The fourth-order valence-corrected chi connectivity index (χ4v) is 12.6. The second kappa shape index (κ2) is 19.6. The first-order valence-electron chi connectivity index (χ1n) is 25.6. The van der Waals surface area contributed by atoms with Crippen LogP contribution >= 0.6 is 0 Å². The monoisotopic (exact) mass is 977 g/mol. The Hall–Kier alpha value is -6.46. The van der Waals surface area contributed by atoms with Crippen molar-refractivity contribution in [3.63, 3.8) is 0 Å². The zero-order valence-electron chi connectivity index (χ0n) is 41.2. The summed E-state index contributed by atoms with van der Waals surface area (Å²) < 4.78 is 38.3. The van der Waals surface area contributed by atoms with Gasteiger partial charge >= 0.3 is 12.2 Å². The molecule has 4 saturated heterocycles. The number of hydrogen-bond acceptors (Lipinski definition) is 9. The van der Waals surface area contributed by atoms with E-state index in [-0.39, 0.29) is 53.5 Å². The van der Waals surface area contributed by atoms with E-state index >= 15 is 8.78 Å². The first-order chi connectivity index (χ1) is 34.2. The molecule has 2 aromatic heterocycles. The number of nitrogens with zero attached hydrogens (tertiary/aromatic N) is 6. The molecule has 4 amide bonds. The van der Waals surface area contributed by atoms with E-state index in [1.54, 1.807) is 9.80 Å². The third kappa shape index (κ3) is 9.22. The number of aromatic nitrogens is 4. The number of nitrogens with one attached hydrogen (secondary N) is 4. The average molecular weight is 977 g/mol. The van der Waals surface area contributed by atoms with E-state index in [1.165, 1.54) is 19.2 Å². The van der Waals surface area contributed by atoms with Gasteiger partial charge in [0.25, 0.3) is 0 Å². The number of carboxylic acid groups (broad SMARTS) is 1. The molecule has 16 nitrogen and oxygen atoms in total. The minimum atomic E-state index is -1.25. The number of alkyl carbamates (subject to hydrolysis) is 1. The number of rotatable bonds is 12. The number of halogens is 2. The smallest absolute Gasteiger partial charge is 0.407 e. The Balaban J connectivity index is 0.974. The number of methoxy groups -OCH3 is 1. The molecular weight excluding hydrogens is 911 g/mol. The van der Waals surface area contributed by atoms with Crippen LogP contribution in [0.1, 0.15) is 139 Å². The highest BCUT2D eigenvalue weighted by atomic mass is 19.1. The highest BCUT2D eigenvalue weighted by Crippen LogP contribution is 2.50. The Bertz CT molecular complexity index is 2790. The number of amides is 4. The van der Waals surface area contributed by atoms with Crippen LogP contribution in [-0.2, 0) is 14.3 Å². The first-order valence-corrected chi connectivity index (χ1v) is 25.6. The van der Waals surface area contributed by atoms with Crippen LogP contribution in [0.4, 0.5) is 29.7 Å². The average Bonchev–Trinajstić information content (AvgIpc) is 4.21. The molecule has 0 unspecified atom stereocenters. The molecule has 0 spiro atoms. The maximum Gasteiger partial charge on any atom is 0.407 e. The Morgan fingerprint density at radius 2 is 1.14 bits per heavy atom. The Morgan fingerprint density at radius 3 is 1.59 bits per heavy atom. The van der Waals surface area contributed by atoms with Gasteiger partial charge in [-0.15, -0.1) is 0 Å². The normalized spacial score (nSPS) is 24.4. The van der Waals surface area contributed by atoms with Crippen molar-refractivity contribution in [3.05, 3.63) is 82.9 Å². The number of imidazole rings is 2. The highest BCUT2D eigenvalue weighted by Gasteiger charge is 2.42. The lowest BCUT2D eigenvalue weighted by molar-refractivity contribution is -0.136. The van der Waals surface area contributed by atoms with Gasteiger partial charge in [-0.2, -0.15) is 0 Å². The predicted octanol–water partition coefficient (Wildman–Crippen LogP) is 9.43. The van der Waals surface area contributed by atoms with Crippen LogP contribution in [0.15, 0.2) is 48.5 Å². The summed E-state index contributed by atoms with van der Waals surface area (Å²) in [5.74, 6) is 0.135. The number of carbonyl (C=O) groups excluding carboxylic acids is 3. The second-order valence-corrected chi connectivity index (χ2v) is 21.2. The number of H-pyrrole nitrogens is 2. The van der Waals surface area contributed by atoms with Gasteiger partial charge in [-0.05, 0) is 123 Å². The van der Waals surface area contributed by atoms with Crippen molar-refractivity contribution in [1.29, 1.82) is 0 Å². The van der Waals surface area contributed by atoms with Crippen molar-refractivity contribution in [2.24, 2.45) is 23.7 Å². The lowest BCUT2D eigenvalue weighted by Crippen LogP contribution is -2.51. The van der Waals surface area contributed by atoms with Crippen LogP contribution in [0, 0.1) is 35.3 Å². The number of benzene rings is 3. The molecule has 378 valence electrons. The van der Waals surface area contributed by atoms with Crippen molar-refractivity contribution in [1.82, 2.24) is 40.4 Å². The van der Waals surface area contributed by atoms with E-state index < -0.39 is 35.9 Å².